The van der Waals surface area contributed by atoms with E-state index in [-0.39, 0.29) is 5.78 Å². The molecule has 2 aromatic carbocycles. The molecule has 3 nitrogen and oxygen atoms in total. The minimum atomic E-state index is 0.0353. The predicted octanol–water partition coefficient (Wildman–Crippen LogP) is 4.05. The van der Waals surface area contributed by atoms with Gasteiger partial charge in [0.25, 0.3) is 0 Å². The SMILES string of the molecule is O=C(c1ccccc1)c1cc[n+](CCOc2cccc(Br)c2)cc1. The van der Waals surface area contributed by atoms with Crippen LogP contribution in [-0.2, 0) is 6.54 Å². The van der Waals surface area contributed by atoms with E-state index in [9.17, 15) is 4.79 Å². The molecule has 0 radical (unpaired) electrons. The van der Waals surface area contributed by atoms with Gasteiger partial charge in [-0.2, -0.15) is 0 Å². The molecule has 0 aliphatic heterocycles. The van der Waals surface area contributed by atoms with Gasteiger partial charge in [-0.25, -0.2) is 4.57 Å². The van der Waals surface area contributed by atoms with Crippen molar-refractivity contribution in [2.75, 3.05) is 6.61 Å². The van der Waals surface area contributed by atoms with Crippen molar-refractivity contribution in [1.82, 2.24) is 0 Å². The van der Waals surface area contributed by atoms with Gasteiger partial charge in [0, 0.05) is 27.7 Å². The average molecular weight is 383 g/mol. The molecular weight excluding hydrogens is 366 g/mol. The second-order valence-electron chi connectivity index (χ2n) is 5.33. The summed E-state index contributed by atoms with van der Waals surface area (Å²) in [4.78, 5) is 12.4. The topological polar surface area (TPSA) is 30.2 Å². The number of rotatable bonds is 6. The van der Waals surface area contributed by atoms with Gasteiger partial charge in [-0.05, 0) is 18.2 Å². The van der Waals surface area contributed by atoms with Crippen LogP contribution < -0.4 is 9.30 Å². The maximum Gasteiger partial charge on any atom is 0.193 e. The lowest BCUT2D eigenvalue weighted by atomic mass is 10.0. The van der Waals surface area contributed by atoms with Crippen molar-refractivity contribution in [3.8, 4) is 5.75 Å². The molecule has 0 unspecified atom stereocenters. The fourth-order valence-corrected chi connectivity index (χ4v) is 2.72. The summed E-state index contributed by atoms with van der Waals surface area (Å²) in [6.45, 7) is 1.28. The van der Waals surface area contributed by atoms with Gasteiger partial charge in [0.15, 0.2) is 24.7 Å². The Kier molecular flexibility index (Phi) is 5.39. The van der Waals surface area contributed by atoms with Gasteiger partial charge in [0.05, 0.1) is 0 Å². The van der Waals surface area contributed by atoms with Crippen molar-refractivity contribution in [2.24, 2.45) is 0 Å². The Labute approximate surface area is 149 Å². The minimum Gasteiger partial charge on any atom is -0.487 e. The molecule has 0 spiro atoms. The highest BCUT2D eigenvalue weighted by Crippen LogP contribution is 2.17. The quantitative estimate of drug-likeness (QED) is 0.475. The van der Waals surface area contributed by atoms with Gasteiger partial charge < -0.3 is 4.74 Å². The monoisotopic (exact) mass is 382 g/mol. The van der Waals surface area contributed by atoms with Crippen LogP contribution in [0.25, 0.3) is 0 Å². The number of halogens is 1. The lowest BCUT2D eigenvalue weighted by molar-refractivity contribution is -0.697. The maximum absolute atomic E-state index is 12.4. The standard InChI is InChI=1S/C20H17BrNO2/c21-18-7-4-8-19(15-18)24-14-13-22-11-9-17(10-12-22)20(23)16-5-2-1-3-6-16/h1-12,15H,13-14H2/q+1. The Morgan fingerprint density at radius 3 is 2.33 bits per heavy atom. The van der Waals surface area contributed by atoms with E-state index in [4.69, 9.17) is 4.74 Å². The van der Waals surface area contributed by atoms with E-state index in [2.05, 4.69) is 15.9 Å². The highest BCUT2D eigenvalue weighted by molar-refractivity contribution is 9.10. The van der Waals surface area contributed by atoms with Crippen LogP contribution in [0.1, 0.15) is 15.9 Å². The molecule has 0 aliphatic carbocycles. The van der Waals surface area contributed by atoms with Gasteiger partial charge in [-0.3, -0.25) is 4.79 Å². The molecule has 1 heterocycles. The largest absolute Gasteiger partial charge is 0.487 e. The maximum atomic E-state index is 12.4. The zero-order valence-corrected chi connectivity index (χ0v) is 14.6. The first kappa shape index (κ1) is 16.4. The van der Waals surface area contributed by atoms with E-state index in [0.717, 1.165) is 10.2 Å². The highest BCUT2D eigenvalue weighted by atomic mass is 79.9. The summed E-state index contributed by atoms with van der Waals surface area (Å²) in [6.07, 6.45) is 3.81. The summed E-state index contributed by atoms with van der Waals surface area (Å²) >= 11 is 3.42. The molecular formula is C20H17BrNO2+. The van der Waals surface area contributed by atoms with Crippen LogP contribution in [0, 0.1) is 0 Å². The molecule has 0 atom stereocenters. The van der Waals surface area contributed by atoms with Crippen LogP contribution >= 0.6 is 15.9 Å². The smallest absolute Gasteiger partial charge is 0.193 e. The average Bonchev–Trinajstić information content (AvgIpc) is 2.63. The first-order valence-electron chi connectivity index (χ1n) is 7.69. The van der Waals surface area contributed by atoms with Crippen molar-refractivity contribution >= 4 is 21.7 Å². The Balaban J connectivity index is 1.58. The van der Waals surface area contributed by atoms with E-state index in [0.29, 0.717) is 24.3 Å². The lowest BCUT2D eigenvalue weighted by Crippen LogP contribution is -2.36. The van der Waals surface area contributed by atoms with Gasteiger partial charge >= 0.3 is 0 Å². The summed E-state index contributed by atoms with van der Waals surface area (Å²) in [5.41, 5.74) is 1.39. The van der Waals surface area contributed by atoms with Crippen LogP contribution in [0.2, 0.25) is 0 Å². The Morgan fingerprint density at radius 2 is 1.62 bits per heavy atom. The second-order valence-corrected chi connectivity index (χ2v) is 6.24. The molecule has 24 heavy (non-hydrogen) atoms. The fraction of sp³-hybridized carbons (Fsp3) is 0.100. The van der Waals surface area contributed by atoms with E-state index >= 15 is 0 Å². The van der Waals surface area contributed by atoms with Gasteiger partial charge in [-0.15, -0.1) is 0 Å². The zero-order chi connectivity index (χ0) is 16.8. The van der Waals surface area contributed by atoms with Gasteiger partial charge in [0.2, 0.25) is 0 Å². The molecule has 0 fully saturated rings. The summed E-state index contributed by atoms with van der Waals surface area (Å²) in [6, 6.07) is 20.8. The first-order valence-corrected chi connectivity index (χ1v) is 8.49. The van der Waals surface area contributed by atoms with Crippen molar-refractivity contribution in [3.05, 3.63) is 94.7 Å². The minimum absolute atomic E-state index is 0.0353. The molecule has 120 valence electrons. The van der Waals surface area contributed by atoms with Crippen LogP contribution in [0.4, 0.5) is 0 Å². The number of pyridine rings is 1. The number of hydrogen-bond donors (Lipinski definition) is 0. The number of aromatic nitrogens is 1. The molecule has 4 heteroatoms. The summed E-state index contributed by atoms with van der Waals surface area (Å²) < 4.78 is 8.72. The molecule has 0 saturated heterocycles. The molecule has 1 aromatic heterocycles. The molecule has 3 aromatic rings. The predicted molar refractivity (Wildman–Crippen MR) is 96.1 cm³/mol. The Bertz CT molecular complexity index is 817. The van der Waals surface area contributed by atoms with Crippen molar-refractivity contribution in [2.45, 2.75) is 6.54 Å². The third kappa shape index (κ3) is 4.30. The number of carbonyl (C=O) groups is 1. The number of hydrogen-bond acceptors (Lipinski definition) is 2. The summed E-state index contributed by atoms with van der Waals surface area (Å²) in [7, 11) is 0. The number of benzene rings is 2. The molecule has 0 amide bonds. The number of ketones is 1. The zero-order valence-electron chi connectivity index (χ0n) is 13.1. The lowest BCUT2D eigenvalue weighted by Gasteiger charge is -2.05. The van der Waals surface area contributed by atoms with Gasteiger partial charge in [0.1, 0.15) is 12.4 Å². The summed E-state index contributed by atoms with van der Waals surface area (Å²) in [5, 5.41) is 0. The highest BCUT2D eigenvalue weighted by Gasteiger charge is 2.10. The van der Waals surface area contributed by atoms with E-state index in [1.54, 1.807) is 0 Å². The normalized spacial score (nSPS) is 10.4. The third-order valence-electron chi connectivity index (χ3n) is 3.60. The van der Waals surface area contributed by atoms with Crippen LogP contribution in [0.5, 0.6) is 5.75 Å². The second kappa shape index (κ2) is 7.88. The number of carbonyl (C=O) groups excluding carboxylic acids is 1. The van der Waals surface area contributed by atoms with Crippen molar-refractivity contribution in [3.63, 3.8) is 0 Å². The number of nitrogens with zero attached hydrogens (tertiary/aromatic N) is 1. The Morgan fingerprint density at radius 1 is 0.917 bits per heavy atom. The van der Waals surface area contributed by atoms with Crippen molar-refractivity contribution < 1.29 is 14.1 Å². The van der Waals surface area contributed by atoms with Crippen LogP contribution in [-0.4, -0.2) is 12.4 Å². The third-order valence-corrected chi connectivity index (χ3v) is 4.10. The molecule has 0 bridgehead atoms. The fourth-order valence-electron chi connectivity index (χ4n) is 2.34. The van der Waals surface area contributed by atoms with Crippen LogP contribution in [0.15, 0.2) is 83.6 Å². The van der Waals surface area contributed by atoms with Gasteiger partial charge in [-0.1, -0.05) is 52.3 Å². The molecule has 3 rings (SSSR count). The van der Waals surface area contributed by atoms with E-state index < -0.39 is 0 Å². The Hall–Kier alpha value is -2.46. The van der Waals surface area contributed by atoms with Crippen molar-refractivity contribution in [1.29, 1.82) is 0 Å². The molecule has 0 N–H and O–H groups in total. The first-order chi connectivity index (χ1) is 11.7. The summed E-state index contributed by atoms with van der Waals surface area (Å²) in [5.74, 6) is 0.869. The van der Waals surface area contributed by atoms with Crippen LogP contribution in [0.3, 0.4) is 0 Å². The van der Waals surface area contributed by atoms with E-state index in [1.807, 2.05) is 83.7 Å². The molecule has 0 saturated carbocycles. The number of ether oxygens (including phenoxy) is 1. The molecule has 0 aliphatic rings. The van der Waals surface area contributed by atoms with E-state index in [1.165, 1.54) is 0 Å².